The first kappa shape index (κ1) is 19.7. The second kappa shape index (κ2) is 8.01. The van der Waals surface area contributed by atoms with E-state index < -0.39 is 0 Å². The summed E-state index contributed by atoms with van der Waals surface area (Å²) in [5.41, 5.74) is 3.86. The number of para-hydroxylation sites is 1. The Morgan fingerprint density at radius 3 is 2.52 bits per heavy atom. The van der Waals surface area contributed by atoms with Crippen LogP contribution in [0.4, 0.5) is 5.69 Å². The van der Waals surface area contributed by atoms with E-state index in [1.54, 1.807) is 0 Å². The summed E-state index contributed by atoms with van der Waals surface area (Å²) >= 11 is 0. The number of carbonyl (C=O) groups excluding carboxylic acids is 1. The number of fused-ring (bicyclic) bond motifs is 1. The quantitative estimate of drug-likeness (QED) is 0.662. The minimum Gasteiger partial charge on any atom is -0.381 e. The summed E-state index contributed by atoms with van der Waals surface area (Å²) < 4.78 is 8.46. The molecule has 1 N–H and O–H groups in total. The van der Waals surface area contributed by atoms with Gasteiger partial charge in [0.15, 0.2) is 0 Å². The van der Waals surface area contributed by atoms with Gasteiger partial charge in [0.2, 0.25) is 0 Å². The van der Waals surface area contributed by atoms with Gasteiger partial charge in [-0.1, -0.05) is 30.3 Å². The zero-order valence-electron chi connectivity index (χ0n) is 17.5. The number of aryl methyl sites for hydroxylation is 1. The molecule has 1 saturated heterocycles. The van der Waals surface area contributed by atoms with Gasteiger partial charge in [0.1, 0.15) is 6.54 Å². The van der Waals surface area contributed by atoms with E-state index in [0.717, 1.165) is 53.7 Å². The van der Waals surface area contributed by atoms with Gasteiger partial charge in [0.05, 0.1) is 38.9 Å². The van der Waals surface area contributed by atoms with Crippen LogP contribution in [0.2, 0.25) is 0 Å². The Hall–Kier alpha value is -2.63. The summed E-state index contributed by atoms with van der Waals surface area (Å²) in [6, 6.07) is 16.9. The van der Waals surface area contributed by atoms with E-state index in [9.17, 15) is 4.79 Å². The molecule has 1 aliphatic rings. The number of hydrogen-bond donors (Lipinski definition) is 1. The van der Waals surface area contributed by atoms with Crippen molar-refractivity contribution >= 4 is 22.5 Å². The molecule has 1 aromatic heterocycles. The van der Waals surface area contributed by atoms with Crippen LogP contribution in [-0.4, -0.2) is 48.3 Å². The first-order valence-electron chi connectivity index (χ1n) is 10.3. The van der Waals surface area contributed by atoms with Crippen molar-refractivity contribution in [3.05, 3.63) is 65.9 Å². The predicted octanol–water partition coefficient (Wildman–Crippen LogP) is 4.19. The zero-order valence-corrected chi connectivity index (χ0v) is 17.5. The molecule has 152 valence electrons. The molecule has 1 fully saturated rings. The van der Waals surface area contributed by atoms with Crippen molar-refractivity contribution in [3.8, 4) is 0 Å². The van der Waals surface area contributed by atoms with Crippen molar-refractivity contribution in [2.24, 2.45) is 7.05 Å². The summed E-state index contributed by atoms with van der Waals surface area (Å²) in [6.07, 6.45) is 4.13. The smallest absolute Gasteiger partial charge is 0.257 e. The van der Waals surface area contributed by atoms with E-state index in [1.807, 2.05) is 54.2 Å². The number of rotatable bonds is 5. The van der Waals surface area contributed by atoms with E-state index >= 15 is 0 Å². The van der Waals surface area contributed by atoms with E-state index in [4.69, 9.17) is 4.74 Å². The molecule has 1 amide bonds. The molecule has 0 atom stereocenters. The molecule has 0 saturated carbocycles. The summed E-state index contributed by atoms with van der Waals surface area (Å²) in [5, 5.41) is 4.02. The highest BCUT2D eigenvalue weighted by atomic mass is 16.5. The van der Waals surface area contributed by atoms with Gasteiger partial charge in [-0.15, -0.1) is 0 Å². The number of carbonyl (C=O) groups is 1. The van der Waals surface area contributed by atoms with Gasteiger partial charge in [0.25, 0.3) is 5.91 Å². The van der Waals surface area contributed by atoms with Crippen LogP contribution in [-0.2, 0) is 18.3 Å². The number of hydrogen-bond acceptors (Lipinski definition) is 2. The van der Waals surface area contributed by atoms with Crippen LogP contribution in [0.15, 0.2) is 54.7 Å². The summed E-state index contributed by atoms with van der Waals surface area (Å²) in [5.74, 6) is -0.0760. The SMILES string of the molecule is Cn1cc(C(=O)Nc2ccc(C[N+](C)(C)C3CCOCC3)cc2)c2ccccc21. The average Bonchev–Trinajstić information content (AvgIpc) is 3.07. The Labute approximate surface area is 172 Å². The van der Waals surface area contributed by atoms with Crippen molar-refractivity contribution in [2.75, 3.05) is 32.6 Å². The highest BCUT2D eigenvalue weighted by Gasteiger charge is 2.30. The first-order chi connectivity index (χ1) is 13.9. The van der Waals surface area contributed by atoms with Gasteiger partial charge in [-0.05, 0) is 18.2 Å². The minimum absolute atomic E-state index is 0.0760. The van der Waals surface area contributed by atoms with Crippen LogP contribution in [0.1, 0.15) is 28.8 Å². The van der Waals surface area contributed by atoms with Crippen LogP contribution in [0.5, 0.6) is 0 Å². The molecule has 5 heteroatoms. The molecule has 0 aliphatic carbocycles. The Kier molecular flexibility index (Phi) is 5.43. The third-order valence-corrected chi connectivity index (χ3v) is 6.12. The monoisotopic (exact) mass is 392 g/mol. The summed E-state index contributed by atoms with van der Waals surface area (Å²) in [4.78, 5) is 12.8. The van der Waals surface area contributed by atoms with Gasteiger partial charge in [0, 0.05) is 48.2 Å². The third-order valence-electron chi connectivity index (χ3n) is 6.12. The van der Waals surface area contributed by atoms with E-state index in [1.165, 1.54) is 5.56 Å². The van der Waals surface area contributed by atoms with Crippen molar-refractivity contribution in [1.29, 1.82) is 0 Å². The van der Waals surface area contributed by atoms with Crippen molar-refractivity contribution in [3.63, 3.8) is 0 Å². The lowest BCUT2D eigenvalue weighted by Gasteiger charge is -2.40. The number of anilines is 1. The van der Waals surface area contributed by atoms with Crippen LogP contribution in [0, 0.1) is 0 Å². The van der Waals surface area contributed by atoms with Gasteiger partial charge >= 0.3 is 0 Å². The molecule has 4 rings (SSSR count). The Morgan fingerprint density at radius 2 is 1.79 bits per heavy atom. The second-order valence-electron chi connectivity index (χ2n) is 8.60. The fourth-order valence-electron chi connectivity index (χ4n) is 4.40. The lowest BCUT2D eigenvalue weighted by atomic mass is 10.0. The van der Waals surface area contributed by atoms with Gasteiger partial charge in [-0.2, -0.15) is 0 Å². The molecule has 5 nitrogen and oxygen atoms in total. The number of amides is 1. The Bertz CT molecular complexity index is 999. The number of nitrogens with zero attached hydrogens (tertiary/aromatic N) is 2. The molecule has 2 heterocycles. The maximum atomic E-state index is 12.8. The zero-order chi connectivity index (χ0) is 20.4. The summed E-state index contributed by atoms with van der Waals surface area (Å²) in [6.45, 7) is 2.71. The van der Waals surface area contributed by atoms with Crippen molar-refractivity contribution < 1.29 is 14.0 Å². The number of quaternary nitrogens is 1. The van der Waals surface area contributed by atoms with Gasteiger partial charge in [-0.3, -0.25) is 4.79 Å². The number of aromatic nitrogens is 1. The van der Waals surface area contributed by atoms with Crippen LogP contribution >= 0.6 is 0 Å². The predicted molar refractivity (Wildman–Crippen MR) is 117 cm³/mol. The Balaban J connectivity index is 1.44. The molecule has 0 radical (unpaired) electrons. The topological polar surface area (TPSA) is 43.3 Å². The van der Waals surface area contributed by atoms with Crippen LogP contribution < -0.4 is 5.32 Å². The van der Waals surface area contributed by atoms with Crippen molar-refractivity contribution in [2.45, 2.75) is 25.4 Å². The summed E-state index contributed by atoms with van der Waals surface area (Å²) in [7, 11) is 6.56. The number of ether oxygens (including phenoxy) is 1. The standard InChI is InChI=1S/C24H29N3O2/c1-26-16-22(21-6-4-5-7-23(21)26)24(28)25-19-10-8-18(9-11-19)17-27(2,3)20-12-14-29-15-13-20/h4-11,16,20H,12-15,17H2,1-3H3/p+1. The molecule has 2 aromatic carbocycles. The lowest BCUT2D eigenvalue weighted by molar-refractivity contribution is -0.929. The van der Waals surface area contributed by atoms with Crippen molar-refractivity contribution in [1.82, 2.24) is 4.57 Å². The maximum Gasteiger partial charge on any atom is 0.257 e. The number of benzene rings is 2. The van der Waals surface area contributed by atoms with Gasteiger partial charge < -0.3 is 19.1 Å². The molecule has 1 aliphatic heterocycles. The van der Waals surface area contributed by atoms with Crippen LogP contribution in [0.3, 0.4) is 0 Å². The fraction of sp³-hybridized carbons (Fsp3) is 0.375. The number of nitrogens with one attached hydrogen (secondary N) is 1. The largest absolute Gasteiger partial charge is 0.381 e. The van der Waals surface area contributed by atoms with Crippen LogP contribution in [0.25, 0.3) is 10.9 Å². The average molecular weight is 393 g/mol. The Morgan fingerprint density at radius 1 is 1.10 bits per heavy atom. The molecule has 0 bridgehead atoms. The fourth-order valence-corrected chi connectivity index (χ4v) is 4.40. The minimum atomic E-state index is -0.0760. The molecule has 3 aromatic rings. The molecule has 0 unspecified atom stereocenters. The first-order valence-corrected chi connectivity index (χ1v) is 10.3. The maximum absolute atomic E-state index is 12.8. The molecular formula is C24H30N3O2+. The lowest BCUT2D eigenvalue weighted by Crippen LogP contribution is -2.50. The highest BCUT2D eigenvalue weighted by Crippen LogP contribution is 2.24. The second-order valence-corrected chi connectivity index (χ2v) is 8.60. The van der Waals surface area contributed by atoms with E-state index in [0.29, 0.717) is 11.6 Å². The molecule has 29 heavy (non-hydrogen) atoms. The highest BCUT2D eigenvalue weighted by molar-refractivity contribution is 6.12. The molecular weight excluding hydrogens is 362 g/mol. The van der Waals surface area contributed by atoms with E-state index in [-0.39, 0.29) is 5.91 Å². The third kappa shape index (κ3) is 4.21. The normalized spacial score (nSPS) is 15.6. The van der Waals surface area contributed by atoms with E-state index in [2.05, 4.69) is 31.5 Å². The van der Waals surface area contributed by atoms with Gasteiger partial charge in [-0.25, -0.2) is 0 Å². The molecule has 0 spiro atoms.